The van der Waals surface area contributed by atoms with Gasteiger partial charge in [-0.25, -0.2) is 14.8 Å². The molecule has 30 heavy (non-hydrogen) atoms. The zero-order valence-electron chi connectivity index (χ0n) is 16.2. The predicted octanol–water partition coefficient (Wildman–Crippen LogP) is 5.55. The highest BCUT2D eigenvalue weighted by atomic mass is 35.5. The molecule has 4 rings (SSSR count). The second kappa shape index (κ2) is 8.17. The van der Waals surface area contributed by atoms with Crippen molar-refractivity contribution < 1.29 is 9.53 Å². The largest absolute Gasteiger partial charge is 0.495 e. The van der Waals surface area contributed by atoms with Gasteiger partial charge in [0.1, 0.15) is 22.7 Å². The van der Waals surface area contributed by atoms with Crippen LogP contribution in [0.15, 0.2) is 48.1 Å². The Hall–Kier alpha value is -3.36. The summed E-state index contributed by atoms with van der Waals surface area (Å²) in [5.41, 5.74) is 9.91. The first-order valence-corrected chi connectivity index (χ1v) is 10.2. The van der Waals surface area contributed by atoms with Crippen LogP contribution < -0.4 is 21.1 Å². The van der Waals surface area contributed by atoms with E-state index in [1.54, 1.807) is 31.4 Å². The molecule has 0 bridgehead atoms. The molecule has 2 heterocycles. The van der Waals surface area contributed by atoms with Gasteiger partial charge in [-0.2, -0.15) is 0 Å². The number of hydrogen-bond donors (Lipinski definition) is 3. The second-order valence-corrected chi connectivity index (χ2v) is 7.81. The number of urea groups is 1. The summed E-state index contributed by atoms with van der Waals surface area (Å²) >= 11 is 7.52. The van der Waals surface area contributed by atoms with Crippen molar-refractivity contribution in [2.75, 3.05) is 23.5 Å². The van der Waals surface area contributed by atoms with Gasteiger partial charge in [0, 0.05) is 21.7 Å². The average Bonchev–Trinajstić information content (AvgIpc) is 3.16. The van der Waals surface area contributed by atoms with Gasteiger partial charge in [-0.05, 0) is 48.4 Å². The molecule has 4 aromatic rings. The van der Waals surface area contributed by atoms with Crippen molar-refractivity contribution in [1.29, 1.82) is 0 Å². The number of ether oxygens (including phenoxy) is 1. The number of hydrogen-bond acceptors (Lipinski definition) is 6. The standard InChI is InChI=1S/C21H18ClN5O2S/c1-11-7-13(4-5-15(11)22)26-21(28)27-16-6-3-12(8-17(16)29-2)14-9-30-20-18(14)19(23)24-10-25-20/h3-10H,1-2H3,(H2,23,24,25)(H2,26,27,28). The molecule has 2 amide bonds. The van der Waals surface area contributed by atoms with Gasteiger partial charge in [0.05, 0.1) is 18.2 Å². The number of nitrogens with two attached hydrogens (primary N) is 1. The Bertz CT molecular complexity index is 1260. The van der Waals surface area contributed by atoms with E-state index in [0.29, 0.717) is 28.0 Å². The van der Waals surface area contributed by atoms with Crippen LogP contribution in [-0.4, -0.2) is 23.1 Å². The molecule has 9 heteroatoms. The molecule has 2 aromatic carbocycles. The van der Waals surface area contributed by atoms with E-state index in [0.717, 1.165) is 26.9 Å². The molecule has 0 aliphatic carbocycles. The van der Waals surface area contributed by atoms with E-state index < -0.39 is 0 Å². The maximum Gasteiger partial charge on any atom is 0.323 e. The average molecular weight is 440 g/mol. The highest BCUT2D eigenvalue weighted by Crippen LogP contribution is 2.38. The van der Waals surface area contributed by atoms with Crippen LogP contribution >= 0.6 is 22.9 Å². The van der Waals surface area contributed by atoms with Crippen molar-refractivity contribution in [3.63, 3.8) is 0 Å². The fourth-order valence-electron chi connectivity index (χ4n) is 3.08. The van der Waals surface area contributed by atoms with Crippen molar-refractivity contribution >= 4 is 56.4 Å². The number of nitrogens with one attached hydrogen (secondary N) is 2. The van der Waals surface area contributed by atoms with Crippen molar-refractivity contribution in [1.82, 2.24) is 9.97 Å². The lowest BCUT2D eigenvalue weighted by Gasteiger charge is -2.13. The van der Waals surface area contributed by atoms with E-state index in [1.165, 1.54) is 17.7 Å². The molecule has 0 saturated heterocycles. The molecule has 0 atom stereocenters. The number of methoxy groups -OCH3 is 1. The highest BCUT2D eigenvalue weighted by Gasteiger charge is 2.14. The summed E-state index contributed by atoms with van der Waals surface area (Å²) in [5, 5.41) is 9.03. The number of thiophene rings is 1. The van der Waals surface area contributed by atoms with Crippen LogP contribution in [0.1, 0.15) is 5.56 Å². The fraction of sp³-hybridized carbons (Fsp3) is 0.0952. The molecule has 0 saturated carbocycles. The number of nitrogen functional groups attached to an aromatic ring is 1. The van der Waals surface area contributed by atoms with Gasteiger partial charge >= 0.3 is 6.03 Å². The first-order valence-electron chi connectivity index (χ1n) is 8.96. The lowest BCUT2D eigenvalue weighted by atomic mass is 10.0. The third-order valence-electron chi connectivity index (χ3n) is 4.58. The Balaban J connectivity index is 1.59. The topological polar surface area (TPSA) is 102 Å². The zero-order chi connectivity index (χ0) is 21.3. The van der Waals surface area contributed by atoms with Gasteiger partial charge in [-0.15, -0.1) is 11.3 Å². The summed E-state index contributed by atoms with van der Waals surface area (Å²) in [7, 11) is 1.55. The second-order valence-electron chi connectivity index (χ2n) is 6.55. The van der Waals surface area contributed by atoms with E-state index >= 15 is 0 Å². The molecule has 0 spiro atoms. The molecule has 0 radical (unpaired) electrons. The van der Waals surface area contributed by atoms with Crippen molar-refractivity contribution in [2.45, 2.75) is 6.92 Å². The minimum atomic E-state index is -0.388. The molecule has 0 aliphatic rings. The molecule has 4 N–H and O–H groups in total. The fourth-order valence-corrected chi connectivity index (χ4v) is 4.12. The number of carbonyl (C=O) groups excluding carboxylic acids is 1. The Morgan fingerprint density at radius 3 is 2.77 bits per heavy atom. The minimum absolute atomic E-state index is 0.388. The first kappa shape index (κ1) is 19.9. The summed E-state index contributed by atoms with van der Waals surface area (Å²) in [6.07, 6.45) is 1.45. The van der Waals surface area contributed by atoms with Crippen LogP contribution in [0.25, 0.3) is 21.3 Å². The molecule has 7 nitrogen and oxygen atoms in total. The van der Waals surface area contributed by atoms with Gasteiger partial charge in [-0.3, -0.25) is 0 Å². The molecule has 152 valence electrons. The van der Waals surface area contributed by atoms with Gasteiger partial charge in [0.2, 0.25) is 0 Å². The summed E-state index contributed by atoms with van der Waals surface area (Å²) in [4.78, 5) is 21.6. The maximum absolute atomic E-state index is 12.4. The number of rotatable bonds is 4. The van der Waals surface area contributed by atoms with E-state index in [9.17, 15) is 4.79 Å². The van der Waals surface area contributed by atoms with Crippen LogP contribution in [0.3, 0.4) is 0 Å². The van der Waals surface area contributed by atoms with Gasteiger partial charge in [-0.1, -0.05) is 17.7 Å². The lowest BCUT2D eigenvalue weighted by Crippen LogP contribution is -2.19. The van der Waals surface area contributed by atoms with Gasteiger partial charge in [0.25, 0.3) is 0 Å². The number of aromatic nitrogens is 2. The number of fused-ring (bicyclic) bond motifs is 1. The van der Waals surface area contributed by atoms with E-state index in [-0.39, 0.29) is 6.03 Å². The number of carbonyl (C=O) groups is 1. The summed E-state index contributed by atoms with van der Waals surface area (Å²) < 4.78 is 5.49. The summed E-state index contributed by atoms with van der Waals surface area (Å²) in [5.74, 6) is 0.944. The van der Waals surface area contributed by atoms with Crippen LogP contribution in [-0.2, 0) is 0 Å². The molecule has 0 aliphatic heterocycles. The first-order chi connectivity index (χ1) is 14.5. The lowest BCUT2D eigenvalue weighted by molar-refractivity contribution is 0.262. The molecule has 2 aromatic heterocycles. The van der Waals surface area contributed by atoms with Crippen LogP contribution in [0.5, 0.6) is 5.75 Å². The van der Waals surface area contributed by atoms with Crippen LogP contribution in [0.2, 0.25) is 5.02 Å². The van der Waals surface area contributed by atoms with Gasteiger partial charge in [0.15, 0.2) is 0 Å². The molecular weight excluding hydrogens is 422 g/mol. The molecule has 0 unspecified atom stereocenters. The van der Waals surface area contributed by atoms with Crippen molar-refractivity contribution in [3.05, 3.63) is 58.7 Å². The van der Waals surface area contributed by atoms with E-state index in [4.69, 9.17) is 22.1 Å². The summed E-state index contributed by atoms with van der Waals surface area (Å²) in [6, 6.07) is 10.4. The monoisotopic (exact) mass is 439 g/mol. The number of anilines is 3. The number of nitrogens with zero attached hydrogens (tertiary/aromatic N) is 2. The Kier molecular flexibility index (Phi) is 5.43. The van der Waals surface area contributed by atoms with Crippen molar-refractivity contribution in [3.8, 4) is 16.9 Å². The summed E-state index contributed by atoms with van der Waals surface area (Å²) in [6.45, 7) is 1.87. The maximum atomic E-state index is 12.4. The molecular formula is C21H18ClN5O2S. The number of halogens is 1. The Morgan fingerprint density at radius 1 is 1.17 bits per heavy atom. The quantitative estimate of drug-likeness (QED) is 0.386. The normalized spacial score (nSPS) is 10.8. The smallest absolute Gasteiger partial charge is 0.323 e. The van der Waals surface area contributed by atoms with Crippen molar-refractivity contribution in [2.24, 2.45) is 0 Å². The van der Waals surface area contributed by atoms with E-state index in [1.807, 2.05) is 24.4 Å². The molecule has 0 fully saturated rings. The Morgan fingerprint density at radius 2 is 2.00 bits per heavy atom. The third-order valence-corrected chi connectivity index (χ3v) is 5.89. The SMILES string of the molecule is COc1cc(-c2csc3ncnc(N)c23)ccc1NC(=O)Nc1ccc(Cl)c(C)c1. The van der Waals surface area contributed by atoms with Crippen LogP contribution in [0, 0.1) is 6.92 Å². The van der Waals surface area contributed by atoms with Crippen LogP contribution in [0.4, 0.5) is 22.0 Å². The number of aryl methyl sites for hydroxylation is 1. The third kappa shape index (κ3) is 3.87. The van der Waals surface area contributed by atoms with E-state index in [2.05, 4.69) is 20.6 Å². The predicted molar refractivity (Wildman–Crippen MR) is 123 cm³/mol. The van der Waals surface area contributed by atoms with Gasteiger partial charge < -0.3 is 21.1 Å². The zero-order valence-corrected chi connectivity index (χ0v) is 17.8. The number of benzene rings is 2. The highest BCUT2D eigenvalue weighted by molar-refractivity contribution is 7.17. The number of amides is 2. The Labute approximate surface area is 181 Å². The minimum Gasteiger partial charge on any atom is -0.495 e.